The summed E-state index contributed by atoms with van der Waals surface area (Å²) < 4.78 is 5.85. The smallest absolute Gasteiger partial charge is 0.133 e. The van der Waals surface area contributed by atoms with E-state index < -0.39 is 0 Å². The number of nitrogens with zero attached hydrogens (tertiary/aromatic N) is 1. The van der Waals surface area contributed by atoms with Gasteiger partial charge in [-0.05, 0) is 44.5 Å². The zero-order valence-corrected chi connectivity index (χ0v) is 11.5. The van der Waals surface area contributed by atoms with Crippen molar-refractivity contribution in [1.82, 2.24) is 4.98 Å². The van der Waals surface area contributed by atoms with E-state index in [-0.39, 0.29) is 6.10 Å². The predicted molar refractivity (Wildman–Crippen MR) is 79.0 cm³/mol. The summed E-state index contributed by atoms with van der Waals surface area (Å²) in [5.74, 6) is 1.64. The molecule has 2 rings (SSSR count). The topological polar surface area (TPSA) is 74.2 Å². The van der Waals surface area contributed by atoms with E-state index in [2.05, 4.69) is 4.98 Å². The van der Waals surface area contributed by atoms with Gasteiger partial charge in [0.15, 0.2) is 0 Å². The van der Waals surface area contributed by atoms with E-state index in [1.807, 2.05) is 45.0 Å². The molecular formula is C15H19N3O. The number of hydrogen-bond acceptors (Lipinski definition) is 4. The van der Waals surface area contributed by atoms with Crippen molar-refractivity contribution in [2.75, 3.05) is 11.5 Å². The Morgan fingerprint density at radius 1 is 1.05 bits per heavy atom. The van der Waals surface area contributed by atoms with Crippen LogP contribution in [0.5, 0.6) is 5.75 Å². The lowest BCUT2D eigenvalue weighted by Gasteiger charge is -2.16. The first-order chi connectivity index (χ1) is 8.97. The van der Waals surface area contributed by atoms with E-state index in [4.69, 9.17) is 16.2 Å². The Hall–Kier alpha value is -2.23. The van der Waals surface area contributed by atoms with Gasteiger partial charge in [-0.2, -0.15) is 0 Å². The second-order valence-corrected chi connectivity index (χ2v) is 4.84. The molecule has 1 heterocycles. The largest absolute Gasteiger partial charge is 0.490 e. The van der Waals surface area contributed by atoms with Crippen LogP contribution in [-0.4, -0.2) is 11.1 Å². The quantitative estimate of drug-likeness (QED) is 0.886. The van der Waals surface area contributed by atoms with Gasteiger partial charge in [-0.3, -0.25) is 0 Å². The van der Waals surface area contributed by atoms with E-state index >= 15 is 0 Å². The van der Waals surface area contributed by atoms with E-state index in [9.17, 15) is 0 Å². The molecule has 1 aromatic carbocycles. The summed E-state index contributed by atoms with van der Waals surface area (Å²) >= 11 is 0. The van der Waals surface area contributed by atoms with Gasteiger partial charge in [-0.15, -0.1) is 0 Å². The van der Waals surface area contributed by atoms with Crippen molar-refractivity contribution in [2.24, 2.45) is 0 Å². The Balaban J connectivity index is 2.54. The Labute approximate surface area is 113 Å². The van der Waals surface area contributed by atoms with Gasteiger partial charge < -0.3 is 16.2 Å². The number of pyridine rings is 1. The normalized spacial score (nSPS) is 10.7. The van der Waals surface area contributed by atoms with Crippen molar-refractivity contribution in [2.45, 2.75) is 26.9 Å². The first kappa shape index (κ1) is 13.2. The van der Waals surface area contributed by atoms with Crippen molar-refractivity contribution in [3.05, 3.63) is 35.9 Å². The van der Waals surface area contributed by atoms with Crippen LogP contribution in [0.1, 0.15) is 19.4 Å². The molecule has 4 N–H and O–H groups in total. The highest BCUT2D eigenvalue weighted by atomic mass is 16.5. The zero-order valence-electron chi connectivity index (χ0n) is 11.5. The average molecular weight is 257 g/mol. The molecule has 0 aliphatic rings. The van der Waals surface area contributed by atoms with Gasteiger partial charge in [0.2, 0.25) is 0 Å². The van der Waals surface area contributed by atoms with Crippen LogP contribution in [0.4, 0.5) is 11.6 Å². The summed E-state index contributed by atoms with van der Waals surface area (Å²) in [6.07, 6.45) is 0.100. The fourth-order valence-corrected chi connectivity index (χ4v) is 1.92. The molecule has 0 atom stereocenters. The number of nitrogens with two attached hydrogens (primary N) is 2. The monoisotopic (exact) mass is 257 g/mol. The standard InChI is InChI=1S/C15H19N3O/c1-9(2)19-13-8-10(3)4-5-11(13)12-6-7-14(16)18-15(12)17/h4-9H,1-3H3,(H4,16,17,18). The molecule has 0 fully saturated rings. The van der Waals surface area contributed by atoms with E-state index in [0.29, 0.717) is 11.6 Å². The molecule has 4 heteroatoms. The molecule has 0 bridgehead atoms. The van der Waals surface area contributed by atoms with Crippen molar-refractivity contribution >= 4 is 11.6 Å². The van der Waals surface area contributed by atoms with E-state index in [1.54, 1.807) is 6.07 Å². The Morgan fingerprint density at radius 2 is 1.74 bits per heavy atom. The van der Waals surface area contributed by atoms with Crippen molar-refractivity contribution < 1.29 is 4.74 Å². The molecule has 4 nitrogen and oxygen atoms in total. The van der Waals surface area contributed by atoms with Crippen LogP contribution in [0.2, 0.25) is 0 Å². The summed E-state index contributed by atoms with van der Waals surface area (Å²) in [5.41, 5.74) is 14.5. The summed E-state index contributed by atoms with van der Waals surface area (Å²) in [7, 11) is 0. The van der Waals surface area contributed by atoms with Crippen LogP contribution in [0, 0.1) is 6.92 Å². The number of hydrogen-bond donors (Lipinski definition) is 2. The molecular weight excluding hydrogens is 238 g/mol. The maximum atomic E-state index is 5.94. The van der Waals surface area contributed by atoms with E-state index in [0.717, 1.165) is 22.4 Å². The summed E-state index contributed by atoms with van der Waals surface area (Å²) in [5, 5.41) is 0. The SMILES string of the molecule is Cc1ccc(-c2ccc(N)nc2N)c(OC(C)C)c1. The maximum Gasteiger partial charge on any atom is 0.133 e. The zero-order chi connectivity index (χ0) is 14.0. The minimum absolute atomic E-state index is 0.100. The summed E-state index contributed by atoms with van der Waals surface area (Å²) in [4.78, 5) is 4.09. The highest BCUT2D eigenvalue weighted by molar-refractivity contribution is 5.79. The van der Waals surface area contributed by atoms with Gasteiger partial charge in [-0.25, -0.2) is 4.98 Å². The first-order valence-corrected chi connectivity index (χ1v) is 6.27. The molecule has 0 aliphatic heterocycles. The lowest BCUT2D eigenvalue weighted by atomic mass is 10.0. The van der Waals surface area contributed by atoms with Gasteiger partial charge in [0.1, 0.15) is 17.4 Å². The number of nitrogen functional groups attached to an aromatic ring is 2. The lowest BCUT2D eigenvalue weighted by Crippen LogP contribution is -2.07. The minimum atomic E-state index is 0.100. The molecule has 0 saturated heterocycles. The minimum Gasteiger partial charge on any atom is -0.490 e. The van der Waals surface area contributed by atoms with Gasteiger partial charge in [-0.1, -0.05) is 12.1 Å². The van der Waals surface area contributed by atoms with E-state index in [1.165, 1.54) is 0 Å². The van der Waals surface area contributed by atoms with Crippen molar-refractivity contribution in [1.29, 1.82) is 0 Å². The molecule has 0 amide bonds. The van der Waals surface area contributed by atoms with Crippen LogP contribution >= 0.6 is 0 Å². The molecule has 100 valence electrons. The van der Waals surface area contributed by atoms with Crippen molar-refractivity contribution in [3.8, 4) is 16.9 Å². The molecule has 0 aliphatic carbocycles. The number of rotatable bonds is 3. The third-order valence-corrected chi connectivity index (χ3v) is 2.74. The average Bonchev–Trinajstić information content (AvgIpc) is 2.30. The highest BCUT2D eigenvalue weighted by Gasteiger charge is 2.12. The first-order valence-electron chi connectivity index (χ1n) is 6.27. The van der Waals surface area contributed by atoms with Crippen LogP contribution < -0.4 is 16.2 Å². The third-order valence-electron chi connectivity index (χ3n) is 2.74. The maximum absolute atomic E-state index is 5.94. The number of benzene rings is 1. The highest BCUT2D eigenvalue weighted by Crippen LogP contribution is 2.34. The lowest BCUT2D eigenvalue weighted by molar-refractivity contribution is 0.243. The Morgan fingerprint density at radius 3 is 2.37 bits per heavy atom. The number of aryl methyl sites for hydroxylation is 1. The molecule has 2 aromatic rings. The summed E-state index contributed by atoms with van der Waals surface area (Å²) in [6, 6.07) is 9.64. The van der Waals surface area contributed by atoms with Gasteiger partial charge in [0.05, 0.1) is 6.10 Å². The van der Waals surface area contributed by atoms with Gasteiger partial charge in [0.25, 0.3) is 0 Å². The molecule has 1 aromatic heterocycles. The Kier molecular flexibility index (Phi) is 3.60. The van der Waals surface area contributed by atoms with Crippen LogP contribution in [0.15, 0.2) is 30.3 Å². The second-order valence-electron chi connectivity index (χ2n) is 4.84. The number of anilines is 2. The van der Waals surface area contributed by atoms with Crippen LogP contribution in [-0.2, 0) is 0 Å². The molecule has 0 radical (unpaired) electrons. The second kappa shape index (κ2) is 5.18. The van der Waals surface area contributed by atoms with Crippen LogP contribution in [0.3, 0.4) is 0 Å². The molecule has 0 spiro atoms. The molecule has 19 heavy (non-hydrogen) atoms. The predicted octanol–water partition coefficient (Wildman–Crippen LogP) is 3.01. The fourth-order valence-electron chi connectivity index (χ4n) is 1.92. The van der Waals surface area contributed by atoms with Crippen LogP contribution in [0.25, 0.3) is 11.1 Å². The molecule has 0 saturated carbocycles. The molecule has 0 unspecified atom stereocenters. The summed E-state index contributed by atoms with van der Waals surface area (Å²) in [6.45, 7) is 6.02. The van der Waals surface area contributed by atoms with Crippen molar-refractivity contribution in [3.63, 3.8) is 0 Å². The third kappa shape index (κ3) is 2.96. The van der Waals surface area contributed by atoms with Gasteiger partial charge >= 0.3 is 0 Å². The fraction of sp³-hybridized carbons (Fsp3) is 0.267. The Bertz CT molecular complexity index is 594. The number of aromatic nitrogens is 1. The number of ether oxygens (including phenoxy) is 1. The van der Waals surface area contributed by atoms with Gasteiger partial charge in [0, 0.05) is 11.1 Å².